The molecule has 0 heterocycles. The van der Waals surface area contributed by atoms with Gasteiger partial charge in [0.15, 0.2) is 6.10 Å². The molecule has 0 bridgehead atoms. The number of hydrogen-bond donors (Lipinski definition) is 0. The molecule has 6 heteroatoms. The van der Waals surface area contributed by atoms with Crippen molar-refractivity contribution in [3.8, 4) is 0 Å². The van der Waals surface area contributed by atoms with Gasteiger partial charge in [0.2, 0.25) is 0 Å². The molecule has 0 aliphatic carbocycles. The van der Waals surface area contributed by atoms with Crippen LogP contribution in [0.25, 0.3) is 0 Å². The number of esters is 3. The fourth-order valence-electron chi connectivity index (χ4n) is 6.97. The molecular weight excluding hydrogens is 781 g/mol. The van der Waals surface area contributed by atoms with E-state index in [1.165, 1.54) is 77.0 Å². The molecule has 360 valence electrons. The molecule has 1 unspecified atom stereocenters. The molecule has 0 radical (unpaired) electrons. The number of unbranched alkanes of at least 4 members (excludes halogenated alkanes) is 21. The Hall–Kier alpha value is -3.41. The molecule has 1 atom stereocenters. The molecular formula is C57H96O6. The lowest BCUT2D eigenvalue weighted by molar-refractivity contribution is -0.167. The molecule has 0 aliphatic rings. The summed E-state index contributed by atoms with van der Waals surface area (Å²) >= 11 is 0. The normalized spacial score (nSPS) is 12.7. The molecule has 0 fully saturated rings. The van der Waals surface area contributed by atoms with Crippen molar-refractivity contribution in [2.24, 2.45) is 0 Å². The van der Waals surface area contributed by atoms with E-state index in [1.807, 2.05) is 0 Å². The Balaban J connectivity index is 4.27. The van der Waals surface area contributed by atoms with E-state index < -0.39 is 6.10 Å². The first-order valence-corrected chi connectivity index (χ1v) is 26.1. The van der Waals surface area contributed by atoms with Crippen LogP contribution in [0.5, 0.6) is 0 Å². The van der Waals surface area contributed by atoms with Gasteiger partial charge in [0, 0.05) is 19.3 Å². The summed E-state index contributed by atoms with van der Waals surface area (Å²) in [5.74, 6) is -0.933. The Morgan fingerprint density at radius 2 is 0.619 bits per heavy atom. The van der Waals surface area contributed by atoms with Crippen molar-refractivity contribution in [1.29, 1.82) is 0 Å². The zero-order chi connectivity index (χ0) is 45.8. The average Bonchev–Trinajstić information content (AvgIpc) is 3.28. The van der Waals surface area contributed by atoms with Crippen molar-refractivity contribution < 1.29 is 28.6 Å². The largest absolute Gasteiger partial charge is 0.462 e. The Bertz CT molecular complexity index is 1240. The van der Waals surface area contributed by atoms with Crippen LogP contribution in [0.4, 0.5) is 0 Å². The van der Waals surface area contributed by atoms with E-state index in [1.54, 1.807) is 0 Å². The van der Waals surface area contributed by atoms with Crippen LogP contribution in [0.2, 0.25) is 0 Å². The molecule has 0 rings (SSSR count). The van der Waals surface area contributed by atoms with Crippen LogP contribution in [0.15, 0.2) is 85.1 Å². The number of hydrogen-bond acceptors (Lipinski definition) is 6. The molecule has 0 aromatic heterocycles. The first kappa shape index (κ1) is 59.6. The van der Waals surface area contributed by atoms with Crippen LogP contribution in [0, 0.1) is 0 Å². The van der Waals surface area contributed by atoms with Crippen LogP contribution in [0.3, 0.4) is 0 Å². The summed E-state index contributed by atoms with van der Waals surface area (Å²) < 4.78 is 16.7. The molecule has 0 N–H and O–H groups in total. The summed E-state index contributed by atoms with van der Waals surface area (Å²) in [6, 6.07) is 0. The molecule has 0 aliphatic heterocycles. The molecule has 0 saturated heterocycles. The molecule has 0 saturated carbocycles. The van der Waals surface area contributed by atoms with E-state index in [2.05, 4.69) is 106 Å². The van der Waals surface area contributed by atoms with Crippen LogP contribution in [-0.2, 0) is 28.6 Å². The van der Waals surface area contributed by atoms with Gasteiger partial charge < -0.3 is 14.2 Å². The molecule has 0 aromatic rings. The van der Waals surface area contributed by atoms with Gasteiger partial charge in [-0.1, -0.05) is 209 Å². The lowest BCUT2D eigenvalue weighted by Gasteiger charge is -2.18. The predicted octanol–water partition coefficient (Wildman–Crippen LogP) is 17.2. The number of allylic oxidation sites excluding steroid dienone is 14. The SMILES string of the molecule is CC/C=C\C/C=C\C/C=C\C/C=C\C/C=C\C/C=C\CCCCCCC(=O)OCC(COC(=O)CCCCCCCC)OC(=O)CCCCCCC/C=C\CCCCCCCCC. The third-order valence-corrected chi connectivity index (χ3v) is 10.9. The van der Waals surface area contributed by atoms with E-state index in [4.69, 9.17) is 14.2 Å². The third kappa shape index (κ3) is 49.5. The summed E-state index contributed by atoms with van der Waals surface area (Å²) in [4.78, 5) is 37.7. The number of carbonyl (C=O) groups is 3. The second kappa shape index (κ2) is 51.2. The molecule has 0 amide bonds. The van der Waals surface area contributed by atoms with Crippen molar-refractivity contribution in [3.05, 3.63) is 85.1 Å². The van der Waals surface area contributed by atoms with E-state index in [-0.39, 0.29) is 31.1 Å². The van der Waals surface area contributed by atoms with Crippen LogP contribution in [0.1, 0.15) is 239 Å². The van der Waals surface area contributed by atoms with E-state index in [0.717, 1.165) is 122 Å². The minimum Gasteiger partial charge on any atom is -0.462 e. The average molecular weight is 877 g/mol. The van der Waals surface area contributed by atoms with Gasteiger partial charge in [0.25, 0.3) is 0 Å². The van der Waals surface area contributed by atoms with Gasteiger partial charge in [-0.15, -0.1) is 0 Å². The van der Waals surface area contributed by atoms with Crippen molar-refractivity contribution in [2.75, 3.05) is 13.2 Å². The summed E-state index contributed by atoms with van der Waals surface area (Å²) in [5.41, 5.74) is 0. The van der Waals surface area contributed by atoms with Crippen molar-refractivity contribution in [1.82, 2.24) is 0 Å². The Kier molecular flexibility index (Phi) is 48.5. The van der Waals surface area contributed by atoms with Crippen LogP contribution < -0.4 is 0 Å². The maximum Gasteiger partial charge on any atom is 0.306 e. The zero-order valence-electron chi connectivity index (χ0n) is 41.1. The topological polar surface area (TPSA) is 78.9 Å². The maximum absolute atomic E-state index is 12.7. The van der Waals surface area contributed by atoms with E-state index in [0.29, 0.717) is 19.3 Å². The first-order valence-electron chi connectivity index (χ1n) is 26.1. The zero-order valence-corrected chi connectivity index (χ0v) is 41.1. The summed E-state index contributed by atoms with van der Waals surface area (Å²) in [6.07, 6.45) is 65.9. The van der Waals surface area contributed by atoms with Gasteiger partial charge in [0.05, 0.1) is 0 Å². The van der Waals surface area contributed by atoms with Gasteiger partial charge in [-0.2, -0.15) is 0 Å². The van der Waals surface area contributed by atoms with Gasteiger partial charge in [-0.25, -0.2) is 0 Å². The quantitative estimate of drug-likeness (QED) is 0.0262. The highest BCUT2D eigenvalue weighted by molar-refractivity contribution is 5.71. The fourth-order valence-corrected chi connectivity index (χ4v) is 6.97. The molecule has 0 aromatic carbocycles. The van der Waals surface area contributed by atoms with Gasteiger partial charge in [-0.05, 0) is 96.3 Å². The molecule has 63 heavy (non-hydrogen) atoms. The second-order valence-electron chi connectivity index (χ2n) is 17.1. The number of ether oxygens (including phenoxy) is 3. The lowest BCUT2D eigenvalue weighted by atomic mass is 10.1. The van der Waals surface area contributed by atoms with E-state index in [9.17, 15) is 14.4 Å². The third-order valence-electron chi connectivity index (χ3n) is 10.9. The Morgan fingerprint density at radius 1 is 0.333 bits per heavy atom. The number of carbonyl (C=O) groups excluding carboxylic acids is 3. The first-order chi connectivity index (χ1) is 31.0. The maximum atomic E-state index is 12.7. The summed E-state index contributed by atoms with van der Waals surface area (Å²) in [5, 5.41) is 0. The predicted molar refractivity (Wildman–Crippen MR) is 270 cm³/mol. The smallest absolute Gasteiger partial charge is 0.306 e. The van der Waals surface area contributed by atoms with Gasteiger partial charge in [0.1, 0.15) is 13.2 Å². The minimum absolute atomic E-state index is 0.0885. The highest BCUT2D eigenvalue weighted by atomic mass is 16.6. The van der Waals surface area contributed by atoms with Crippen molar-refractivity contribution in [3.63, 3.8) is 0 Å². The highest BCUT2D eigenvalue weighted by Gasteiger charge is 2.19. The summed E-state index contributed by atoms with van der Waals surface area (Å²) in [6.45, 7) is 6.43. The molecule has 6 nitrogen and oxygen atoms in total. The molecule has 0 spiro atoms. The van der Waals surface area contributed by atoms with Crippen molar-refractivity contribution >= 4 is 17.9 Å². The monoisotopic (exact) mass is 877 g/mol. The van der Waals surface area contributed by atoms with Crippen LogP contribution in [-0.4, -0.2) is 37.2 Å². The minimum atomic E-state index is -0.788. The van der Waals surface area contributed by atoms with Crippen molar-refractivity contribution in [2.45, 2.75) is 245 Å². The lowest BCUT2D eigenvalue weighted by Crippen LogP contribution is -2.30. The number of rotatable bonds is 46. The Labute approximate surface area is 388 Å². The van der Waals surface area contributed by atoms with Crippen LogP contribution >= 0.6 is 0 Å². The standard InChI is InChI=1S/C57H96O6/c1-4-7-10-13-16-18-20-22-24-26-27-28-29-30-31-32-34-35-37-39-41-44-47-50-56(59)62-53-54(52-61-55(58)49-46-43-15-12-9-6-3)63-57(60)51-48-45-42-40-38-36-33-25-23-21-19-17-14-11-8-5-2/h7,10,16,18,22,24-25,27-28,30-31,33-35,54H,4-6,8-9,11-15,17,19-21,23,26,29,32,36-53H2,1-3H3/b10-7-,18-16-,24-22-,28-27-,31-30-,33-25-,35-34-. The summed E-state index contributed by atoms with van der Waals surface area (Å²) in [7, 11) is 0. The van der Waals surface area contributed by atoms with Gasteiger partial charge >= 0.3 is 17.9 Å². The van der Waals surface area contributed by atoms with E-state index >= 15 is 0 Å². The van der Waals surface area contributed by atoms with Gasteiger partial charge in [-0.3, -0.25) is 14.4 Å². The second-order valence-corrected chi connectivity index (χ2v) is 17.1. The Morgan fingerprint density at radius 3 is 0.984 bits per heavy atom. The fraction of sp³-hybridized carbons (Fsp3) is 0.702. The highest BCUT2D eigenvalue weighted by Crippen LogP contribution is 2.13.